The van der Waals surface area contributed by atoms with Gasteiger partial charge in [0.2, 0.25) is 0 Å². The monoisotopic (exact) mass is 255 g/mol. The van der Waals surface area contributed by atoms with Gasteiger partial charge in [0.15, 0.2) is 5.75 Å². The summed E-state index contributed by atoms with van der Waals surface area (Å²) in [6.07, 6.45) is -5.14. The molecule has 5 nitrogen and oxygen atoms in total. The lowest BCUT2D eigenvalue weighted by molar-refractivity contribution is -0.275. The van der Waals surface area contributed by atoms with E-state index in [1.165, 1.54) is 0 Å². The van der Waals surface area contributed by atoms with Crippen molar-refractivity contribution in [1.82, 2.24) is 4.98 Å². The molecule has 0 aromatic carbocycles. The van der Waals surface area contributed by atoms with Crippen molar-refractivity contribution in [1.29, 1.82) is 0 Å². The maximum absolute atomic E-state index is 12.3. The Morgan fingerprint density at radius 2 is 2.06 bits per heavy atom. The Morgan fingerprint density at radius 1 is 1.47 bits per heavy atom. The molecule has 2 N–H and O–H groups in total. The van der Waals surface area contributed by atoms with Crippen LogP contribution < -0.4 is 10.3 Å². The number of rotatable bonds is 3. The summed E-state index contributed by atoms with van der Waals surface area (Å²) < 4.78 is 51.1. The van der Waals surface area contributed by atoms with Crippen LogP contribution in [0.2, 0.25) is 0 Å². The molecule has 1 aromatic heterocycles. The number of carbonyl (C=O) groups is 1. The minimum absolute atomic E-state index is 0.323. The molecule has 0 aliphatic heterocycles. The van der Waals surface area contributed by atoms with Crippen molar-refractivity contribution in [3.05, 3.63) is 27.7 Å². The summed E-state index contributed by atoms with van der Waals surface area (Å²) in [5, 5.41) is 8.58. The average molecular weight is 255 g/mol. The van der Waals surface area contributed by atoms with Crippen molar-refractivity contribution in [2.75, 3.05) is 0 Å². The molecule has 0 unspecified atom stereocenters. The van der Waals surface area contributed by atoms with Crippen molar-refractivity contribution in [2.24, 2.45) is 0 Å². The van der Waals surface area contributed by atoms with Crippen molar-refractivity contribution in [3.8, 4) is 5.75 Å². The molecule has 0 aliphatic carbocycles. The second-order valence-corrected chi connectivity index (χ2v) is 2.84. The largest absolute Gasteiger partial charge is 0.573 e. The fourth-order valence-electron chi connectivity index (χ4n) is 1.05. The predicted molar refractivity (Wildman–Crippen MR) is 45.5 cm³/mol. The Morgan fingerprint density at radius 3 is 2.47 bits per heavy atom. The number of aromatic amines is 1. The van der Waals surface area contributed by atoms with E-state index in [0.29, 0.717) is 6.07 Å². The Kier molecular flexibility index (Phi) is 3.39. The molecular formula is C8H5F4NO4. The topological polar surface area (TPSA) is 79.4 Å². The fraction of sp³-hybridized carbons (Fsp3) is 0.250. The quantitative estimate of drug-likeness (QED) is 0.801. The van der Waals surface area contributed by atoms with Gasteiger partial charge in [-0.1, -0.05) is 0 Å². The molecule has 0 saturated carbocycles. The number of pyridine rings is 1. The normalized spacial score (nSPS) is 11.3. The maximum Gasteiger partial charge on any atom is 0.573 e. The summed E-state index contributed by atoms with van der Waals surface area (Å²) in [6, 6.07) is 0.323. The first-order valence-corrected chi connectivity index (χ1v) is 4.06. The van der Waals surface area contributed by atoms with Gasteiger partial charge in [-0.2, -0.15) is 0 Å². The van der Waals surface area contributed by atoms with Gasteiger partial charge in [0, 0.05) is 6.07 Å². The van der Waals surface area contributed by atoms with Crippen molar-refractivity contribution < 1.29 is 32.2 Å². The third-order valence-electron chi connectivity index (χ3n) is 1.68. The zero-order valence-corrected chi connectivity index (χ0v) is 7.97. The predicted octanol–water partition coefficient (Wildman–Crippen LogP) is 1.44. The highest BCUT2D eigenvalue weighted by molar-refractivity contribution is 5.89. The van der Waals surface area contributed by atoms with Crippen LogP contribution in [0.4, 0.5) is 17.6 Å². The van der Waals surface area contributed by atoms with E-state index in [4.69, 9.17) is 5.11 Å². The van der Waals surface area contributed by atoms with Gasteiger partial charge in [-0.05, 0) is 0 Å². The molecule has 94 valence electrons. The number of hydrogen-bond acceptors (Lipinski definition) is 3. The summed E-state index contributed by atoms with van der Waals surface area (Å²) in [5.74, 6) is -2.94. The van der Waals surface area contributed by atoms with Crippen LogP contribution in [0.15, 0.2) is 10.9 Å². The summed E-state index contributed by atoms with van der Waals surface area (Å²) in [4.78, 5) is 23.3. The SMILES string of the molecule is O=C(O)c1cc(OC(F)(F)F)c(=O)[nH]c1CF. The van der Waals surface area contributed by atoms with Crippen LogP contribution in [0.1, 0.15) is 16.1 Å². The minimum atomic E-state index is -5.14. The molecule has 0 radical (unpaired) electrons. The van der Waals surface area contributed by atoms with E-state index in [9.17, 15) is 27.2 Å². The van der Waals surface area contributed by atoms with Crippen molar-refractivity contribution >= 4 is 5.97 Å². The lowest BCUT2D eigenvalue weighted by Crippen LogP contribution is -2.24. The smallest absolute Gasteiger partial charge is 0.478 e. The second-order valence-electron chi connectivity index (χ2n) is 2.84. The Balaban J connectivity index is 3.30. The van der Waals surface area contributed by atoms with Gasteiger partial charge < -0.3 is 14.8 Å². The Labute approximate surface area is 90.6 Å². The van der Waals surface area contributed by atoms with Crippen LogP contribution in [0.3, 0.4) is 0 Å². The number of aromatic nitrogens is 1. The third-order valence-corrected chi connectivity index (χ3v) is 1.68. The number of ether oxygens (including phenoxy) is 1. The number of carboxylic acids is 1. The lowest BCUT2D eigenvalue weighted by atomic mass is 10.2. The van der Waals surface area contributed by atoms with Gasteiger partial charge in [-0.25, -0.2) is 9.18 Å². The highest BCUT2D eigenvalue weighted by atomic mass is 19.4. The molecule has 0 atom stereocenters. The lowest BCUT2D eigenvalue weighted by Gasteiger charge is -2.09. The van der Waals surface area contributed by atoms with Gasteiger partial charge >= 0.3 is 12.3 Å². The molecule has 0 saturated heterocycles. The highest BCUT2D eigenvalue weighted by Crippen LogP contribution is 2.21. The van der Waals surface area contributed by atoms with E-state index in [-0.39, 0.29) is 0 Å². The minimum Gasteiger partial charge on any atom is -0.478 e. The van der Waals surface area contributed by atoms with Crippen LogP contribution in [0.5, 0.6) is 5.75 Å². The van der Waals surface area contributed by atoms with Gasteiger partial charge in [0.05, 0.1) is 11.3 Å². The Hall–Kier alpha value is -2.06. The molecule has 0 aliphatic rings. The number of H-pyrrole nitrogens is 1. The molecule has 1 rings (SSSR count). The van der Waals surface area contributed by atoms with Gasteiger partial charge in [0.25, 0.3) is 5.56 Å². The molecule has 0 fully saturated rings. The van der Waals surface area contributed by atoms with E-state index in [1.807, 2.05) is 0 Å². The molecule has 17 heavy (non-hydrogen) atoms. The number of aromatic carboxylic acids is 1. The Bertz CT molecular complexity index is 493. The molecule has 1 aromatic rings. The van der Waals surface area contributed by atoms with Crippen molar-refractivity contribution in [2.45, 2.75) is 13.0 Å². The van der Waals surface area contributed by atoms with Crippen LogP contribution in [-0.2, 0) is 6.67 Å². The summed E-state index contributed by atoms with van der Waals surface area (Å²) in [6.45, 7) is -1.33. The molecule has 1 heterocycles. The van der Waals surface area contributed by atoms with Crippen LogP contribution in [0.25, 0.3) is 0 Å². The zero-order chi connectivity index (χ0) is 13.2. The van der Waals surface area contributed by atoms with Crippen LogP contribution in [0, 0.1) is 0 Å². The number of nitrogens with one attached hydrogen (secondary N) is 1. The molecule has 0 bridgehead atoms. The maximum atomic E-state index is 12.3. The van der Waals surface area contributed by atoms with E-state index >= 15 is 0 Å². The number of alkyl halides is 4. The number of halogens is 4. The summed E-state index contributed by atoms with van der Waals surface area (Å²) in [7, 11) is 0. The van der Waals surface area contributed by atoms with Crippen LogP contribution in [-0.4, -0.2) is 22.4 Å². The molecular weight excluding hydrogens is 250 g/mol. The first-order valence-electron chi connectivity index (χ1n) is 4.06. The number of hydrogen-bond donors (Lipinski definition) is 2. The standard InChI is InChI=1S/C8H5F4NO4/c9-2-4-3(7(15)16)1-5(6(14)13-4)17-8(10,11)12/h1H,2H2,(H,13,14)(H,15,16). The molecule has 9 heteroatoms. The molecule has 0 spiro atoms. The van der Waals surface area contributed by atoms with Gasteiger partial charge in [0.1, 0.15) is 6.67 Å². The van der Waals surface area contributed by atoms with E-state index in [1.54, 1.807) is 4.98 Å². The van der Waals surface area contributed by atoms with E-state index < -0.39 is 41.6 Å². The highest BCUT2D eigenvalue weighted by Gasteiger charge is 2.33. The van der Waals surface area contributed by atoms with E-state index in [2.05, 4.69) is 4.74 Å². The third kappa shape index (κ3) is 3.20. The van der Waals surface area contributed by atoms with Gasteiger partial charge in [-0.15, -0.1) is 13.2 Å². The average Bonchev–Trinajstić information content (AvgIpc) is 2.18. The second kappa shape index (κ2) is 4.44. The van der Waals surface area contributed by atoms with E-state index in [0.717, 1.165) is 0 Å². The first-order chi connectivity index (χ1) is 7.74. The fourth-order valence-corrected chi connectivity index (χ4v) is 1.05. The summed E-state index contributed by atoms with van der Waals surface area (Å²) >= 11 is 0. The summed E-state index contributed by atoms with van der Waals surface area (Å²) in [5.41, 5.74) is -2.79. The number of carboxylic acid groups (broad SMARTS) is 1. The van der Waals surface area contributed by atoms with Crippen molar-refractivity contribution in [3.63, 3.8) is 0 Å². The van der Waals surface area contributed by atoms with Gasteiger partial charge in [-0.3, -0.25) is 4.79 Å². The zero-order valence-electron chi connectivity index (χ0n) is 7.97. The van der Waals surface area contributed by atoms with Crippen LogP contribution >= 0.6 is 0 Å². The first kappa shape index (κ1) is 13.0. The molecule has 0 amide bonds.